The summed E-state index contributed by atoms with van der Waals surface area (Å²) >= 11 is 6.03. The maximum atomic E-state index is 12.1. The van der Waals surface area contributed by atoms with Crippen molar-refractivity contribution in [3.05, 3.63) is 71.5 Å². The normalized spacial score (nSPS) is 10.3. The van der Waals surface area contributed by atoms with E-state index in [-0.39, 0.29) is 5.91 Å². The summed E-state index contributed by atoms with van der Waals surface area (Å²) in [5.41, 5.74) is 3.07. The molecular weight excluding hydrogens is 286 g/mol. The van der Waals surface area contributed by atoms with Crippen molar-refractivity contribution in [2.75, 3.05) is 5.32 Å². The van der Waals surface area contributed by atoms with Crippen LogP contribution in [0, 0.1) is 0 Å². The van der Waals surface area contributed by atoms with Gasteiger partial charge in [-0.25, -0.2) is 0 Å². The Morgan fingerprint density at radius 2 is 2.00 bits per heavy atom. The van der Waals surface area contributed by atoms with Gasteiger partial charge in [-0.05, 0) is 23.8 Å². The lowest BCUT2D eigenvalue weighted by atomic mass is 10.0. The molecule has 0 bridgehead atoms. The molecule has 3 rings (SSSR count). The maximum absolute atomic E-state index is 12.1. The van der Waals surface area contributed by atoms with Gasteiger partial charge in [0.1, 0.15) is 0 Å². The van der Waals surface area contributed by atoms with Crippen LogP contribution in [0.2, 0.25) is 5.02 Å². The number of rotatable bonds is 3. The van der Waals surface area contributed by atoms with Gasteiger partial charge in [0.05, 0.1) is 11.8 Å². The van der Waals surface area contributed by atoms with Gasteiger partial charge in [0.2, 0.25) is 0 Å². The van der Waals surface area contributed by atoms with Crippen LogP contribution in [0.25, 0.3) is 11.1 Å². The smallest absolute Gasteiger partial charge is 0.258 e. The molecule has 0 spiro atoms. The average Bonchev–Trinajstić information content (AvgIpc) is 3.02. The number of H-pyrrole nitrogens is 1. The Morgan fingerprint density at radius 1 is 1.14 bits per heavy atom. The zero-order valence-corrected chi connectivity index (χ0v) is 11.8. The minimum atomic E-state index is -0.210. The minimum absolute atomic E-state index is 0.210. The second-order valence-corrected chi connectivity index (χ2v) is 4.93. The van der Waals surface area contributed by atoms with E-state index in [9.17, 15) is 4.79 Å². The molecule has 2 aromatic carbocycles. The lowest BCUT2D eigenvalue weighted by Crippen LogP contribution is -2.11. The Hall–Kier alpha value is -2.59. The maximum Gasteiger partial charge on any atom is 0.258 e. The highest BCUT2D eigenvalue weighted by atomic mass is 35.5. The van der Waals surface area contributed by atoms with Crippen LogP contribution in [0.1, 0.15) is 10.4 Å². The topological polar surface area (TPSA) is 57.8 Å². The van der Waals surface area contributed by atoms with Gasteiger partial charge in [-0.3, -0.25) is 9.89 Å². The van der Waals surface area contributed by atoms with Crippen LogP contribution in [-0.2, 0) is 0 Å². The Morgan fingerprint density at radius 3 is 2.76 bits per heavy atom. The third-order valence-corrected chi connectivity index (χ3v) is 3.31. The zero-order valence-electron chi connectivity index (χ0n) is 11.0. The molecule has 0 saturated carbocycles. The fourth-order valence-corrected chi connectivity index (χ4v) is 2.26. The third-order valence-electron chi connectivity index (χ3n) is 3.07. The standard InChI is InChI=1S/C16H12ClN3O/c17-13-5-3-4-11(8-13)14-6-1-2-7-15(14)20-16(21)12-9-18-19-10-12/h1-10H,(H,18,19)(H,20,21). The van der Waals surface area contributed by atoms with Crippen LogP contribution >= 0.6 is 11.6 Å². The first-order valence-corrected chi connectivity index (χ1v) is 6.77. The van der Waals surface area contributed by atoms with Crippen LogP contribution in [0.4, 0.5) is 5.69 Å². The van der Waals surface area contributed by atoms with E-state index in [4.69, 9.17) is 11.6 Å². The molecule has 5 heteroatoms. The largest absolute Gasteiger partial charge is 0.321 e. The summed E-state index contributed by atoms with van der Waals surface area (Å²) in [4.78, 5) is 12.1. The molecule has 0 aliphatic rings. The number of para-hydroxylation sites is 1. The monoisotopic (exact) mass is 297 g/mol. The van der Waals surface area contributed by atoms with Crippen molar-refractivity contribution in [3.63, 3.8) is 0 Å². The zero-order chi connectivity index (χ0) is 14.7. The fraction of sp³-hybridized carbons (Fsp3) is 0. The van der Waals surface area contributed by atoms with E-state index in [0.29, 0.717) is 10.6 Å². The first kappa shape index (κ1) is 13.4. The highest BCUT2D eigenvalue weighted by Crippen LogP contribution is 2.29. The van der Waals surface area contributed by atoms with E-state index in [1.54, 1.807) is 6.20 Å². The lowest BCUT2D eigenvalue weighted by molar-refractivity contribution is 0.102. The molecule has 0 aliphatic carbocycles. The number of anilines is 1. The molecule has 21 heavy (non-hydrogen) atoms. The number of amides is 1. The summed E-state index contributed by atoms with van der Waals surface area (Å²) in [5, 5.41) is 9.94. The molecule has 1 aromatic heterocycles. The number of aromatic amines is 1. The van der Waals surface area contributed by atoms with Gasteiger partial charge < -0.3 is 5.32 Å². The van der Waals surface area contributed by atoms with Crippen molar-refractivity contribution in [2.45, 2.75) is 0 Å². The summed E-state index contributed by atoms with van der Waals surface area (Å²) in [7, 11) is 0. The van der Waals surface area contributed by atoms with Gasteiger partial charge in [0.15, 0.2) is 0 Å². The number of aromatic nitrogens is 2. The Bertz CT molecular complexity index is 769. The summed E-state index contributed by atoms with van der Waals surface area (Å²) in [6.45, 7) is 0. The van der Waals surface area contributed by atoms with Crippen molar-refractivity contribution in [2.24, 2.45) is 0 Å². The van der Waals surface area contributed by atoms with Gasteiger partial charge in [0.25, 0.3) is 5.91 Å². The van der Waals surface area contributed by atoms with Gasteiger partial charge >= 0.3 is 0 Å². The van der Waals surface area contributed by atoms with Gasteiger partial charge in [-0.1, -0.05) is 41.9 Å². The lowest BCUT2D eigenvalue weighted by Gasteiger charge is -2.11. The SMILES string of the molecule is O=C(Nc1ccccc1-c1cccc(Cl)c1)c1cn[nH]c1. The number of benzene rings is 2. The molecule has 0 fully saturated rings. The van der Waals surface area contributed by atoms with E-state index >= 15 is 0 Å². The van der Waals surface area contributed by atoms with Gasteiger partial charge in [0, 0.05) is 22.5 Å². The van der Waals surface area contributed by atoms with E-state index in [2.05, 4.69) is 15.5 Å². The van der Waals surface area contributed by atoms with Crippen molar-refractivity contribution in [3.8, 4) is 11.1 Å². The molecule has 4 nitrogen and oxygen atoms in total. The number of nitrogens with one attached hydrogen (secondary N) is 2. The Balaban J connectivity index is 1.95. The van der Waals surface area contributed by atoms with Crippen LogP contribution in [0.3, 0.4) is 0 Å². The summed E-state index contributed by atoms with van der Waals surface area (Å²) in [5.74, 6) is -0.210. The van der Waals surface area contributed by atoms with E-state index in [1.807, 2.05) is 48.5 Å². The van der Waals surface area contributed by atoms with Crippen molar-refractivity contribution in [1.82, 2.24) is 10.2 Å². The van der Waals surface area contributed by atoms with E-state index in [1.165, 1.54) is 6.20 Å². The van der Waals surface area contributed by atoms with Crippen molar-refractivity contribution < 1.29 is 4.79 Å². The van der Waals surface area contributed by atoms with E-state index < -0.39 is 0 Å². The molecule has 2 N–H and O–H groups in total. The second-order valence-electron chi connectivity index (χ2n) is 4.50. The molecule has 1 heterocycles. The van der Waals surface area contributed by atoms with Crippen LogP contribution < -0.4 is 5.32 Å². The molecule has 0 radical (unpaired) electrons. The van der Waals surface area contributed by atoms with Crippen molar-refractivity contribution >= 4 is 23.2 Å². The molecule has 0 atom stereocenters. The third kappa shape index (κ3) is 2.95. The summed E-state index contributed by atoms with van der Waals surface area (Å²) in [6.07, 6.45) is 3.04. The number of carbonyl (C=O) groups excluding carboxylic acids is 1. The minimum Gasteiger partial charge on any atom is -0.321 e. The van der Waals surface area contributed by atoms with Crippen LogP contribution in [0.15, 0.2) is 60.9 Å². The van der Waals surface area contributed by atoms with E-state index in [0.717, 1.165) is 16.8 Å². The predicted octanol–water partition coefficient (Wildman–Crippen LogP) is 3.98. The fourth-order valence-electron chi connectivity index (χ4n) is 2.07. The Kier molecular flexibility index (Phi) is 3.71. The molecule has 0 unspecified atom stereocenters. The highest BCUT2D eigenvalue weighted by molar-refractivity contribution is 6.30. The first-order valence-electron chi connectivity index (χ1n) is 6.39. The number of halogens is 1. The molecule has 1 amide bonds. The summed E-state index contributed by atoms with van der Waals surface area (Å²) in [6, 6.07) is 15.1. The molecule has 104 valence electrons. The molecule has 0 aliphatic heterocycles. The predicted molar refractivity (Wildman–Crippen MR) is 83.4 cm³/mol. The first-order chi connectivity index (χ1) is 10.2. The molecule has 3 aromatic rings. The quantitative estimate of drug-likeness (QED) is 0.768. The Labute approximate surface area is 126 Å². The number of hydrogen-bond acceptors (Lipinski definition) is 2. The van der Waals surface area contributed by atoms with Crippen LogP contribution in [-0.4, -0.2) is 16.1 Å². The van der Waals surface area contributed by atoms with Gasteiger partial charge in [-0.15, -0.1) is 0 Å². The molecular formula is C16H12ClN3O. The number of carbonyl (C=O) groups is 1. The molecule has 0 saturated heterocycles. The summed E-state index contributed by atoms with van der Waals surface area (Å²) < 4.78 is 0. The van der Waals surface area contributed by atoms with Crippen molar-refractivity contribution in [1.29, 1.82) is 0 Å². The average molecular weight is 298 g/mol. The number of nitrogens with zero attached hydrogens (tertiary/aromatic N) is 1. The highest BCUT2D eigenvalue weighted by Gasteiger charge is 2.10. The second kappa shape index (κ2) is 5.81. The van der Waals surface area contributed by atoms with Crippen LogP contribution in [0.5, 0.6) is 0 Å². The van der Waals surface area contributed by atoms with Gasteiger partial charge in [-0.2, -0.15) is 5.10 Å². The number of hydrogen-bond donors (Lipinski definition) is 2.